The number of sulfonamides is 1. The zero-order valence-corrected chi connectivity index (χ0v) is 18.5. The maximum absolute atomic E-state index is 13.2. The lowest BCUT2D eigenvalue weighted by molar-refractivity contribution is -0.143. The van der Waals surface area contributed by atoms with Gasteiger partial charge >= 0.3 is 5.97 Å². The van der Waals surface area contributed by atoms with E-state index in [0.717, 1.165) is 10.8 Å². The lowest BCUT2D eigenvalue weighted by Crippen LogP contribution is -2.30. The number of nitrogens with one attached hydrogen (secondary N) is 1. The molecule has 0 unspecified atom stereocenters. The predicted molar refractivity (Wildman–Crippen MR) is 117 cm³/mol. The Morgan fingerprint density at radius 3 is 2.56 bits per heavy atom. The van der Waals surface area contributed by atoms with Crippen molar-refractivity contribution in [3.63, 3.8) is 0 Å². The maximum Gasteiger partial charge on any atom is 0.307 e. The minimum absolute atomic E-state index is 0.0877. The molecule has 8 nitrogen and oxygen atoms in total. The molecule has 0 aliphatic carbocycles. The summed E-state index contributed by atoms with van der Waals surface area (Å²) in [5.41, 5.74) is 0.566. The number of carbonyl (C=O) groups is 1. The van der Waals surface area contributed by atoms with E-state index in [2.05, 4.69) is 4.72 Å². The van der Waals surface area contributed by atoms with Gasteiger partial charge in [0.25, 0.3) is 0 Å². The Morgan fingerprint density at radius 2 is 1.78 bits per heavy atom. The van der Waals surface area contributed by atoms with Crippen LogP contribution in [0.4, 0.5) is 0 Å². The number of hydrogen-bond acceptors (Lipinski definition) is 7. The second kappa shape index (κ2) is 9.05. The van der Waals surface area contributed by atoms with Crippen molar-refractivity contribution in [2.45, 2.75) is 24.3 Å². The van der Waals surface area contributed by atoms with Crippen LogP contribution in [0.2, 0.25) is 0 Å². The van der Waals surface area contributed by atoms with Crippen molar-refractivity contribution in [1.29, 1.82) is 0 Å². The van der Waals surface area contributed by atoms with Gasteiger partial charge in [0.05, 0.1) is 31.1 Å². The minimum atomic E-state index is -3.95. The van der Waals surface area contributed by atoms with E-state index in [1.165, 1.54) is 6.07 Å². The van der Waals surface area contributed by atoms with Gasteiger partial charge in [0.1, 0.15) is 5.75 Å². The standard InChI is InChI=1S/C23H23NO7S/c1-3-29-23(25)13-20(17-6-9-21-22(12-17)31-14-30-21)24-32(26,27)19-8-5-15-10-18(28-2)7-4-16(15)11-19/h4-12,20,24H,3,13-14H2,1-2H3/t20-/m1/s1. The molecule has 3 aromatic rings. The summed E-state index contributed by atoms with van der Waals surface area (Å²) >= 11 is 0. The Bertz CT molecular complexity index is 1260. The fourth-order valence-electron chi connectivity index (χ4n) is 3.50. The first-order chi connectivity index (χ1) is 15.4. The first kappa shape index (κ1) is 21.9. The summed E-state index contributed by atoms with van der Waals surface area (Å²) in [7, 11) is -2.38. The number of benzene rings is 3. The van der Waals surface area contributed by atoms with Crippen molar-refractivity contribution in [1.82, 2.24) is 4.72 Å². The number of rotatable bonds is 8. The van der Waals surface area contributed by atoms with E-state index in [4.69, 9.17) is 18.9 Å². The van der Waals surface area contributed by atoms with Crippen LogP contribution in [0.1, 0.15) is 24.9 Å². The quantitative estimate of drug-likeness (QED) is 0.516. The van der Waals surface area contributed by atoms with Crippen LogP contribution in [0.25, 0.3) is 10.8 Å². The molecule has 0 fully saturated rings. The monoisotopic (exact) mass is 457 g/mol. The molecule has 0 saturated carbocycles. The van der Waals surface area contributed by atoms with E-state index in [1.54, 1.807) is 56.5 Å². The molecule has 0 amide bonds. The first-order valence-corrected chi connectivity index (χ1v) is 11.5. The zero-order chi connectivity index (χ0) is 22.7. The van der Waals surface area contributed by atoms with Gasteiger partial charge in [0, 0.05) is 0 Å². The van der Waals surface area contributed by atoms with Gasteiger partial charge in [0.2, 0.25) is 16.8 Å². The predicted octanol–water partition coefficient (Wildman–Crippen LogP) is 3.55. The Balaban J connectivity index is 1.65. The zero-order valence-electron chi connectivity index (χ0n) is 17.7. The molecule has 1 aliphatic heterocycles. The summed E-state index contributed by atoms with van der Waals surface area (Å²) in [5, 5.41) is 1.60. The van der Waals surface area contributed by atoms with Crippen molar-refractivity contribution in [2.75, 3.05) is 20.5 Å². The van der Waals surface area contributed by atoms with Crippen LogP contribution in [-0.2, 0) is 19.6 Å². The number of esters is 1. The highest BCUT2D eigenvalue weighted by molar-refractivity contribution is 7.89. The summed E-state index contributed by atoms with van der Waals surface area (Å²) in [6.07, 6.45) is -0.169. The molecule has 0 radical (unpaired) electrons. The first-order valence-electron chi connectivity index (χ1n) is 10.0. The van der Waals surface area contributed by atoms with Gasteiger partial charge in [-0.25, -0.2) is 13.1 Å². The molecule has 32 heavy (non-hydrogen) atoms. The third-order valence-corrected chi connectivity index (χ3v) is 6.57. The Kier molecular flexibility index (Phi) is 6.20. The molecule has 1 atom stereocenters. The molecule has 1 heterocycles. The Morgan fingerprint density at radius 1 is 1.03 bits per heavy atom. The highest BCUT2D eigenvalue weighted by Gasteiger charge is 2.26. The molecule has 0 bridgehead atoms. The Labute approximate surface area is 186 Å². The summed E-state index contributed by atoms with van der Waals surface area (Å²) in [6, 6.07) is 14.4. The molecule has 0 spiro atoms. The second-order valence-corrected chi connectivity index (χ2v) is 8.88. The van der Waals surface area contributed by atoms with Gasteiger partial charge in [0.15, 0.2) is 11.5 Å². The second-order valence-electron chi connectivity index (χ2n) is 7.17. The van der Waals surface area contributed by atoms with E-state index in [0.29, 0.717) is 22.8 Å². The van der Waals surface area contributed by atoms with E-state index < -0.39 is 22.0 Å². The molecular formula is C23H23NO7S. The van der Waals surface area contributed by atoms with Gasteiger partial charge in [-0.05, 0) is 59.7 Å². The molecule has 168 valence electrons. The van der Waals surface area contributed by atoms with Gasteiger partial charge in [-0.3, -0.25) is 4.79 Å². The summed E-state index contributed by atoms with van der Waals surface area (Å²) < 4.78 is 50.0. The maximum atomic E-state index is 13.2. The molecule has 1 N–H and O–H groups in total. The van der Waals surface area contributed by atoms with Gasteiger partial charge in [-0.1, -0.05) is 18.2 Å². The van der Waals surface area contributed by atoms with Crippen molar-refractivity contribution in [2.24, 2.45) is 0 Å². The number of ether oxygens (including phenoxy) is 4. The largest absolute Gasteiger partial charge is 0.497 e. The fourth-order valence-corrected chi connectivity index (χ4v) is 4.75. The van der Waals surface area contributed by atoms with E-state index in [9.17, 15) is 13.2 Å². The molecule has 0 aromatic heterocycles. The third kappa shape index (κ3) is 4.63. The van der Waals surface area contributed by atoms with Crippen LogP contribution in [-0.4, -0.2) is 34.9 Å². The topological polar surface area (TPSA) is 100 Å². The molecule has 4 rings (SSSR count). The fraction of sp³-hybridized carbons (Fsp3) is 0.261. The molecular weight excluding hydrogens is 434 g/mol. The van der Waals surface area contributed by atoms with Gasteiger partial charge in [-0.15, -0.1) is 0 Å². The van der Waals surface area contributed by atoms with Crippen LogP contribution >= 0.6 is 0 Å². The van der Waals surface area contributed by atoms with E-state index in [-0.39, 0.29) is 24.7 Å². The highest BCUT2D eigenvalue weighted by atomic mass is 32.2. The number of fused-ring (bicyclic) bond motifs is 2. The van der Waals surface area contributed by atoms with Crippen molar-refractivity contribution in [3.8, 4) is 17.2 Å². The van der Waals surface area contributed by atoms with Crippen LogP contribution in [0, 0.1) is 0 Å². The lowest BCUT2D eigenvalue weighted by atomic mass is 10.0. The minimum Gasteiger partial charge on any atom is -0.497 e. The van der Waals surface area contributed by atoms with Gasteiger partial charge in [-0.2, -0.15) is 0 Å². The molecule has 3 aromatic carbocycles. The van der Waals surface area contributed by atoms with Crippen LogP contribution < -0.4 is 18.9 Å². The van der Waals surface area contributed by atoms with Gasteiger partial charge < -0.3 is 18.9 Å². The molecule has 1 aliphatic rings. The SMILES string of the molecule is CCOC(=O)C[C@@H](NS(=O)(=O)c1ccc2cc(OC)ccc2c1)c1ccc2c(c1)OCO2. The molecule has 9 heteroatoms. The number of hydrogen-bond donors (Lipinski definition) is 1. The van der Waals surface area contributed by atoms with Crippen LogP contribution in [0.3, 0.4) is 0 Å². The van der Waals surface area contributed by atoms with Crippen molar-refractivity contribution < 1.29 is 32.2 Å². The third-order valence-electron chi connectivity index (χ3n) is 5.10. The van der Waals surface area contributed by atoms with Crippen molar-refractivity contribution >= 4 is 26.8 Å². The smallest absolute Gasteiger partial charge is 0.307 e. The van der Waals surface area contributed by atoms with E-state index in [1.807, 2.05) is 6.07 Å². The summed E-state index contributed by atoms with van der Waals surface area (Å²) in [6.45, 7) is 1.99. The van der Waals surface area contributed by atoms with Crippen LogP contribution in [0.15, 0.2) is 59.5 Å². The highest BCUT2D eigenvalue weighted by Crippen LogP contribution is 2.35. The van der Waals surface area contributed by atoms with E-state index >= 15 is 0 Å². The molecule has 0 saturated heterocycles. The van der Waals surface area contributed by atoms with Crippen molar-refractivity contribution in [3.05, 3.63) is 60.2 Å². The Hall–Kier alpha value is -3.30. The lowest BCUT2D eigenvalue weighted by Gasteiger charge is -2.19. The van der Waals surface area contributed by atoms with Crippen LogP contribution in [0.5, 0.6) is 17.2 Å². The average molecular weight is 458 g/mol. The normalized spacial score (nSPS) is 13.7. The number of methoxy groups -OCH3 is 1. The summed E-state index contributed by atoms with van der Waals surface area (Å²) in [5.74, 6) is 1.23. The average Bonchev–Trinajstić information content (AvgIpc) is 3.26. The number of carbonyl (C=O) groups excluding carboxylic acids is 1. The summed E-state index contributed by atoms with van der Waals surface area (Å²) in [4.78, 5) is 12.3.